The molecule has 1 fully saturated rings. The average molecular weight is 759 g/mol. The second-order valence-electron chi connectivity index (χ2n) is 14.6. The van der Waals surface area contributed by atoms with Crippen molar-refractivity contribution < 1.29 is 71.8 Å². The Labute approximate surface area is 314 Å². The molecular formula is C39H50O15. The zero-order chi connectivity index (χ0) is 40.9. The van der Waals surface area contributed by atoms with Crippen molar-refractivity contribution >= 4 is 41.8 Å². The molecule has 2 aliphatic carbocycles. The Kier molecular flexibility index (Phi) is 13.6. The van der Waals surface area contributed by atoms with Crippen LogP contribution >= 0.6 is 0 Å². The maximum Gasteiger partial charge on any atom is 0.338 e. The first kappa shape index (κ1) is 43.4. The Bertz CT molecular complexity index is 1660. The third-order valence-corrected chi connectivity index (χ3v) is 9.42. The van der Waals surface area contributed by atoms with Crippen LogP contribution in [0.15, 0.2) is 54.6 Å². The molecule has 0 amide bonds. The highest BCUT2D eigenvalue weighted by Crippen LogP contribution is 2.54. The minimum absolute atomic E-state index is 0.0705. The van der Waals surface area contributed by atoms with Crippen molar-refractivity contribution in [3.05, 3.63) is 60.2 Å². The van der Waals surface area contributed by atoms with Crippen LogP contribution in [0, 0.1) is 17.3 Å². The molecule has 0 bridgehead atoms. The van der Waals surface area contributed by atoms with E-state index in [9.17, 15) is 38.7 Å². The number of fused-ring (bicyclic) bond motifs is 1. The van der Waals surface area contributed by atoms with Crippen LogP contribution in [-0.2, 0) is 61.9 Å². The number of hydrogen-bond acceptors (Lipinski definition) is 15. The van der Waals surface area contributed by atoms with Crippen LogP contribution in [0.5, 0.6) is 0 Å². The lowest BCUT2D eigenvalue weighted by Crippen LogP contribution is -2.60. The first-order chi connectivity index (χ1) is 24.9. The Balaban J connectivity index is 2.56. The summed E-state index contributed by atoms with van der Waals surface area (Å²) < 4.78 is 40.9. The van der Waals surface area contributed by atoms with E-state index >= 15 is 0 Å². The lowest BCUT2D eigenvalue weighted by Gasteiger charge is -2.46. The summed E-state index contributed by atoms with van der Waals surface area (Å²) in [7, 11) is 0. The van der Waals surface area contributed by atoms with Crippen molar-refractivity contribution in [2.75, 3.05) is 0 Å². The highest BCUT2D eigenvalue weighted by atomic mass is 16.6. The second-order valence-corrected chi connectivity index (χ2v) is 14.6. The van der Waals surface area contributed by atoms with Crippen molar-refractivity contribution in [3.63, 3.8) is 0 Å². The van der Waals surface area contributed by atoms with E-state index in [-0.39, 0.29) is 11.1 Å². The average Bonchev–Trinajstić information content (AvgIpc) is 3.25. The van der Waals surface area contributed by atoms with Crippen LogP contribution in [0.3, 0.4) is 0 Å². The summed E-state index contributed by atoms with van der Waals surface area (Å²) in [6.45, 7) is 16.9. The molecule has 296 valence electrons. The van der Waals surface area contributed by atoms with Gasteiger partial charge in [-0.3, -0.25) is 28.8 Å². The van der Waals surface area contributed by atoms with E-state index < -0.39 is 113 Å². The van der Waals surface area contributed by atoms with Crippen LogP contribution in [-0.4, -0.2) is 94.7 Å². The van der Waals surface area contributed by atoms with Gasteiger partial charge in [0.2, 0.25) is 0 Å². The van der Waals surface area contributed by atoms with E-state index in [0.29, 0.717) is 0 Å². The number of carbonyl (C=O) groups excluding carboxylic acids is 7. The number of aliphatic hydroxyl groups is 1. The molecule has 1 N–H and O–H groups in total. The van der Waals surface area contributed by atoms with E-state index in [1.807, 2.05) is 0 Å². The van der Waals surface area contributed by atoms with E-state index in [0.717, 1.165) is 41.5 Å². The van der Waals surface area contributed by atoms with Crippen LogP contribution in [0.25, 0.3) is 0 Å². The van der Waals surface area contributed by atoms with Crippen molar-refractivity contribution in [3.8, 4) is 0 Å². The largest absolute Gasteiger partial charge is 0.459 e. The predicted molar refractivity (Wildman–Crippen MR) is 188 cm³/mol. The monoisotopic (exact) mass is 758 g/mol. The molecule has 0 heterocycles. The van der Waals surface area contributed by atoms with Gasteiger partial charge in [0.25, 0.3) is 0 Å². The van der Waals surface area contributed by atoms with Gasteiger partial charge in [-0.1, -0.05) is 57.7 Å². The summed E-state index contributed by atoms with van der Waals surface area (Å²) in [5.41, 5.74) is -5.80. The molecule has 0 saturated heterocycles. The highest BCUT2D eigenvalue weighted by molar-refractivity contribution is 5.89. The van der Waals surface area contributed by atoms with Crippen LogP contribution in [0.4, 0.5) is 0 Å². The fourth-order valence-corrected chi connectivity index (χ4v) is 7.50. The van der Waals surface area contributed by atoms with Crippen LogP contribution in [0.1, 0.15) is 86.0 Å². The Morgan fingerprint density at radius 2 is 1.17 bits per heavy atom. The maximum absolute atomic E-state index is 13.8. The Hall–Kier alpha value is -5.05. The van der Waals surface area contributed by atoms with Gasteiger partial charge in [-0.05, 0) is 19.1 Å². The first-order valence-corrected chi connectivity index (χ1v) is 17.4. The van der Waals surface area contributed by atoms with Crippen molar-refractivity contribution in [2.24, 2.45) is 17.3 Å². The quantitative estimate of drug-likeness (QED) is 0.228. The lowest BCUT2D eigenvalue weighted by molar-refractivity contribution is -0.198. The normalized spacial score (nSPS) is 32.5. The van der Waals surface area contributed by atoms with E-state index in [1.54, 1.807) is 51.1 Å². The zero-order valence-electron chi connectivity index (χ0n) is 32.2. The summed E-state index contributed by atoms with van der Waals surface area (Å²) in [4.78, 5) is 90.5. The topological polar surface area (TPSA) is 204 Å². The Morgan fingerprint density at radius 1 is 0.667 bits per heavy atom. The number of benzene rings is 1. The van der Waals surface area contributed by atoms with Gasteiger partial charge in [0.15, 0.2) is 24.4 Å². The zero-order valence-corrected chi connectivity index (χ0v) is 32.2. The van der Waals surface area contributed by atoms with Crippen molar-refractivity contribution in [2.45, 2.75) is 123 Å². The molecule has 15 nitrogen and oxygen atoms in total. The fraction of sp³-hybridized carbons (Fsp3) is 0.564. The highest BCUT2D eigenvalue weighted by Gasteiger charge is 2.70. The van der Waals surface area contributed by atoms with Crippen LogP contribution in [0.2, 0.25) is 0 Å². The molecule has 3 rings (SSSR count). The molecule has 0 radical (unpaired) electrons. The first-order valence-electron chi connectivity index (χ1n) is 17.4. The summed E-state index contributed by atoms with van der Waals surface area (Å²) in [6.07, 6.45) is -7.30. The standard InChI is InChI=1S/C39H50O15/c1-20-17-18-37(9,10)35(52-26(7)44)32(50-24(5)42)31(49-23(4)41)21(2)30(48-22(3)40)29-34(53-36(46)28-15-13-12-14-16-28)38(11,54-27(8)45)19-39(29,47)33(20)51-25(6)43/h12-18,20,29-35,47H,2,19H2,1,3-11H3/b18-17+/t20-,29-,30-,31-,32+,33-,34+,35+,38+,39+/m0/s1. The van der Waals surface area contributed by atoms with Gasteiger partial charge >= 0.3 is 41.8 Å². The van der Waals surface area contributed by atoms with Crippen molar-refractivity contribution in [1.29, 1.82) is 0 Å². The van der Waals surface area contributed by atoms with Crippen molar-refractivity contribution in [1.82, 2.24) is 0 Å². The molecule has 1 aromatic rings. The van der Waals surface area contributed by atoms with Gasteiger partial charge in [-0.25, -0.2) is 4.79 Å². The minimum atomic E-state index is -2.39. The Morgan fingerprint density at radius 3 is 1.67 bits per heavy atom. The number of ether oxygens (including phenoxy) is 7. The number of rotatable bonds is 8. The van der Waals surface area contributed by atoms with Gasteiger partial charge in [-0.15, -0.1) is 0 Å². The lowest BCUT2D eigenvalue weighted by atomic mass is 9.71. The molecule has 15 heteroatoms. The third kappa shape index (κ3) is 9.92. The summed E-state index contributed by atoms with van der Waals surface area (Å²) in [5, 5.41) is 13.2. The van der Waals surface area contributed by atoms with Gasteiger partial charge in [0, 0.05) is 64.9 Å². The van der Waals surface area contributed by atoms with Crippen LogP contribution < -0.4 is 0 Å². The summed E-state index contributed by atoms with van der Waals surface area (Å²) >= 11 is 0. The molecule has 1 saturated carbocycles. The van der Waals surface area contributed by atoms with Gasteiger partial charge in [0.05, 0.1) is 11.5 Å². The van der Waals surface area contributed by atoms with Gasteiger partial charge in [-0.2, -0.15) is 0 Å². The maximum atomic E-state index is 13.8. The molecule has 0 unspecified atom stereocenters. The number of esters is 7. The molecule has 1 aromatic carbocycles. The SMILES string of the molecule is C=C1[C@H](OC(C)=O)[C@@H](OC(C)=O)[C@@H](OC(C)=O)C(C)(C)/C=C/[C@H](C)[C@H](OC(C)=O)[C@@]2(O)C[C@@](C)(OC(C)=O)[C@H](OC(=O)c3ccccc3)[C@@H]2[C@H]1OC(C)=O. The summed E-state index contributed by atoms with van der Waals surface area (Å²) in [5.74, 6) is -8.76. The smallest absolute Gasteiger partial charge is 0.338 e. The molecule has 0 spiro atoms. The third-order valence-electron chi connectivity index (χ3n) is 9.42. The fourth-order valence-electron chi connectivity index (χ4n) is 7.50. The predicted octanol–water partition coefficient (Wildman–Crippen LogP) is 3.73. The van der Waals surface area contributed by atoms with E-state index in [1.165, 1.54) is 19.1 Å². The van der Waals surface area contributed by atoms with Gasteiger partial charge < -0.3 is 38.3 Å². The van der Waals surface area contributed by atoms with E-state index in [2.05, 4.69) is 6.58 Å². The molecule has 54 heavy (non-hydrogen) atoms. The molecule has 10 atom stereocenters. The van der Waals surface area contributed by atoms with Gasteiger partial charge in [0.1, 0.15) is 23.4 Å². The molecule has 0 aromatic heterocycles. The second kappa shape index (κ2) is 17.0. The minimum Gasteiger partial charge on any atom is -0.459 e. The number of carbonyl (C=O) groups is 7. The van der Waals surface area contributed by atoms with E-state index in [4.69, 9.17) is 33.2 Å². The molecule has 0 aliphatic heterocycles. The molecule has 2 aliphatic rings. The molecular weight excluding hydrogens is 708 g/mol. The number of hydrogen-bond donors (Lipinski definition) is 1. The summed E-state index contributed by atoms with van der Waals surface area (Å²) in [6, 6.07) is 7.75.